The maximum Gasteiger partial charge on any atom is 0.0175 e. The molecular formula is C12H19N. The Kier molecular flexibility index (Phi) is 3.10. The molecule has 0 saturated heterocycles. The monoisotopic (exact) mass is 177 g/mol. The Labute approximate surface area is 81.2 Å². The lowest BCUT2D eigenvalue weighted by molar-refractivity contribution is 0.444. The van der Waals surface area contributed by atoms with Crippen LogP contribution in [0.2, 0.25) is 0 Å². The molecule has 0 radical (unpaired) electrons. The summed E-state index contributed by atoms with van der Waals surface area (Å²) in [6, 6.07) is 0. The van der Waals surface area contributed by atoms with Gasteiger partial charge in [0.05, 0.1) is 0 Å². The molecule has 0 atom stereocenters. The second-order valence-corrected chi connectivity index (χ2v) is 4.56. The molecule has 1 aliphatic carbocycles. The third-order valence-corrected chi connectivity index (χ3v) is 2.04. The van der Waals surface area contributed by atoms with Crippen molar-refractivity contribution in [1.82, 2.24) is 5.32 Å². The van der Waals surface area contributed by atoms with Crippen molar-refractivity contribution in [2.75, 3.05) is 6.54 Å². The summed E-state index contributed by atoms with van der Waals surface area (Å²) >= 11 is 0. The van der Waals surface area contributed by atoms with Crippen molar-refractivity contribution in [2.24, 2.45) is 0 Å². The van der Waals surface area contributed by atoms with Gasteiger partial charge in [-0.1, -0.05) is 29.9 Å². The highest BCUT2D eigenvalue weighted by Gasteiger charge is 2.08. The van der Waals surface area contributed by atoms with Gasteiger partial charge in [0, 0.05) is 12.1 Å². The predicted molar refractivity (Wildman–Crippen MR) is 58.7 cm³/mol. The molecule has 0 spiro atoms. The minimum Gasteiger partial charge on any atom is -0.308 e. The number of allylic oxidation sites excluding steroid dienone is 5. The molecule has 0 amide bonds. The minimum atomic E-state index is 0.202. The largest absolute Gasteiger partial charge is 0.308 e. The van der Waals surface area contributed by atoms with Crippen molar-refractivity contribution in [3.8, 4) is 0 Å². The first-order chi connectivity index (χ1) is 5.99. The maximum atomic E-state index is 3.47. The van der Waals surface area contributed by atoms with E-state index in [0.29, 0.717) is 0 Å². The second-order valence-electron chi connectivity index (χ2n) is 4.56. The molecule has 72 valence electrons. The first kappa shape index (κ1) is 10.3. The Bertz CT molecular complexity index is 247. The summed E-state index contributed by atoms with van der Waals surface area (Å²) in [7, 11) is 0. The van der Waals surface area contributed by atoms with E-state index < -0.39 is 0 Å². The van der Waals surface area contributed by atoms with Crippen molar-refractivity contribution in [3.05, 3.63) is 35.5 Å². The van der Waals surface area contributed by atoms with Crippen LogP contribution in [0.4, 0.5) is 0 Å². The van der Waals surface area contributed by atoms with E-state index in [9.17, 15) is 0 Å². The van der Waals surface area contributed by atoms with Gasteiger partial charge in [0.15, 0.2) is 0 Å². The standard InChI is InChI=1S/C12H19N/c1-10(9-13-12(2,3)4)11-7-5-6-8-11/h5-8,13H,9H2,1-4H3. The molecule has 1 heteroatoms. The summed E-state index contributed by atoms with van der Waals surface area (Å²) in [4.78, 5) is 0. The number of hydrogen-bond donors (Lipinski definition) is 1. The third kappa shape index (κ3) is 3.60. The van der Waals surface area contributed by atoms with Gasteiger partial charge in [0.1, 0.15) is 0 Å². The van der Waals surface area contributed by atoms with Gasteiger partial charge in [-0.25, -0.2) is 0 Å². The molecule has 13 heavy (non-hydrogen) atoms. The molecule has 0 saturated carbocycles. The van der Waals surface area contributed by atoms with Crippen LogP contribution in [-0.2, 0) is 0 Å². The molecule has 1 N–H and O–H groups in total. The highest BCUT2D eigenvalue weighted by molar-refractivity contribution is 5.43. The Morgan fingerprint density at radius 1 is 1.23 bits per heavy atom. The van der Waals surface area contributed by atoms with Crippen LogP contribution in [0, 0.1) is 0 Å². The fourth-order valence-corrected chi connectivity index (χ4v) is 1.16. The van der Waals surface area contributed by atoms with Crippen molar-refractivity contribution in [2.45, 2.75) is 33.2 Å². The second kappa shape index (κ2) is 3.93. The molecule has 0 aromatic carbocycles. The van der Waals surface area contributed by atoms with Crippen LogP contribution < -0.4 is 5.32 Å². The summed E-state index contributed by atoms with van der Waals surface area (Å²) in [5.74, 6) is 0. The van der Waals surface area contributed by atoms with Crippen molar-refractivity contribution < 1.29 is 0 Å². The molecule has 1 rings (SSSR count). The molecule has 1 aliphatic rings. The van der Waals surface area contributed by atoms with Gasteiger partial charge >= 0.3 is 0 Å². The molecule has 0 aromatic heterocycles. The molecule has 0 aliphatic heterocycles. The molecule has 0 bridgehead atoms. The number of rotatable bonds is 2. The smallest absolute Gasteiger partial charge is 0.0175 e. The van der Waals surface area contributed by atoms with Gasteiger partial charge in [-0.05, 0) is 33.3 Å². The Morgan fingerprint density at radius 3 is 2.23 bits per heavy atom. The fourth-order valence-electron chi connectivity index (χ4n) is 1.16. The molecule has 0 aromatic rings. The lowest BCUT2D eigenvalue weighted by Gasteiger charge is -2.21. The molecule has 0 fully saturated rings. The van der Waals surface area contributed by atoms with Gasteiger partial charge in [0.2, 0.25) is 0 Å². The van der Waals surface area contributed by atoms with Crippen LogP contribution in [0.1, 0.15) is 27.7 Å². The van der Waals surface area contributed by atoms with E-state index in [1.807, 2.05) is 0 Å². The summed E-state index contributed by atoms with van der Waals surface area (Å²) in [5.41, 5.74) is 2.95. The molecule has 1 nitrogen and oxygen atoms in total. The van der Waals surface area contributed by atoms with Crippen LogP contribution >= 0.6 is 0 Å². The average Bonchev–Trinajstić information content (AvgIpc) is 2.50. The summed E-state index contributed by atoms with van der Waals surface area (Å²) in [6.07, 6.45) is 8.46. The van der Waals surface area contributed by atoms with E-state index in [-0.39, 0.29) is 5.54 Å². The van der Waals surface area contributed by atoms with Crippen LogP contribution in [0.25, 0.3) is 0 Å². The van der Waals surface area contributed by atoms with Crippen LogP contribution in [0.3, 0.4) is 0 Å². The first-order valence-corrected chi connectivity index (χ1v) is 4.78. The summed E-state index contributed by atoms with van der Waals surface area (Å²) < 4.78 is 0. The maximum absolute atomic E-state index is 3.47. The zero-order valence-corrected chi connectivity index (χ0v) is 9.02. The van der Waals surface area contributed by atoms with E-state index in [4.69, 9.17) is 0 Å². The normalized spacial score (nSPS) is 15.5. The lowest BCUT2D eigenvalue weighted by Crippen LogP contribution is -2.36. The van der Waals surface area contributed by atoms with E-state index in [1.165, 1.54) is 11.1 Å². The summed E-state index contributed by atoms with van der Waals surface area (Å²) in [6.45, 7) is 9.70. The molecule has 0 heterocycles. The predicted octanol–water partition coefficient (Wildman–Crippen LogP) is 2.82. The topological polar surface area (TPSA) is 12.0 Å². The van der Waals surface area contributed by atoms with E-state index >= 15 is 0 Å². The highest BCUT2D eigenvalue weighted by atomic mass is 14.9. The third-order valence-electron chi connectivity index (χ3n) is 2.04. The van der Waals surface area contributed by atoms with E-state index in [0.717, 1.165) is 6.54 Å². The zero-order valence-electron chi connectivity index (χ0n) is 9.02. The van der Waals surface area contributed by atoms with Gasteiger partial charge in [-0.2, -0.15) is 0 Å². The quantitative estimate of drug-likeness (QED) is 0.684. The van der Waals surface area contributed by atoms with Gasteiger partial charge < -0.3 is 5.32 Å². The zero-order chi connectivity index (χ0) is 9.90. The average molecular weight is 177 g/mol. The Morgan fingerprint density at radius 2 is 1.77 bits per heavy atom. The first-order valence-electron chi connectivity index (χ1n) is 4.78. The van der Waals surface area contributed by atoms with Gasteiger partial charge in [0.25, 0.3) is 0 Å². The van der Waals surface area contributed by atoms with Gasteiger partial charge in [-0.3, -0.25) is 0 Å². The Hall–Kier alpha value is -0.820. The van der Waals surface area contributed by atoms with E-state index in [2.05, 4.69) is 57.3 Å². The number of hydrogen-bond acceptors (Lipinski definition) is 1. The van der Waals surface area contributed by atoms with Crippen LogP contribution in [-0.4, -0.2) is 12.1 Å². The summed E-state index contributed by atoms with van der Waals surface area (Å²) in [5, 5.41) is 3.47. The number of nitrogens with one attached hydrogen (secondary N) is 1. The van der Waals surface area contributed by atoms with Crippen molar-refractivity contribution >= 4 is 0 Å². The van der Waals surface area contributed by atoms with Crippen LogP contribution in [0.15, 0.2) is 35.5 Å². The SMILES string of the molecule is CC(CNC(C)(C)C)=C1C=CC=C1. The molecule has 0 unspecified atom stereocenters. The molecular weight excluding hydrogens is 158 g/mol. The van der Waals surface area contributed by atoms with Crippen molar-refractivity contribution in [1.29, 1.82) is 0 Å². The van der Waals surface area contributed by atoms with Crippen molar-refractivity contribution in [3.63, 3.8) is 0 Å². The highest BCUT2D eigenvalue weighted by Crippen LogP contribution is 2.13. The lowest BCUT2D eigenvalue weighted by atomic mass is 10.1. The Balaban J connectivity index is 2.51. The van der Waals surface area contributed by atoms with Crippen LogP contribution in [0.5, 0.6) is 0 Å². The van der Waals surface area contributed by atoms with E-state index in [1.54, 1.807) is 0 Å². The minimum absolute atomic E-state index is 0.202. The fraction of sp³-hybridized carbons (Fsp3) is 0.500. The van der Waals surface area contributed by atoms with Gasteiger partial charge in [-0.15, -0.1) is 0 Å².